The Kier molecular flexibility index (Phi) is 2.25. The van der Waals surface area contributed by atoms with E-state index in [0.717, 1.165) is 6.07 Å². The molecule has 14 heavy (non-hydrogen) atoms. The first-order chi connectivity index (χ1) is 6.68. The van der Waals surface area contributed by atoms with Gasteiger partial charge in [0.05, 0.1) is 25.2 Å². The summed E-state index contributed by atoms with van der Waals surface area (Å²) in [5, 5.41) is 9.14. The van der Waals surface area contributed by atoms with Gasteiger partial charge in [-0.2, -0.15) is 0 Å². The first kappa shape index (κ1) is 9.55. The van der Waals surface area contributed by atoms with Crippen LogP contribution in [-0.2, 0) is 10.2 Å². The minimum Gasteiger partial charge on any atom is -0.395 e. The Morgan fingerprint density at radius 2 is 2.07 bits per heavy atom. The van der Waals surface area contributed by atoms with Crippen molar-refractivity contribution < 1.29 is 18.6 Å². The number of aliphatic hydroxyl groups is 1. The zero-order chi connectivity index (χ0) is 10.2. The second kappa shape index (κ2) is 3.29. The number of halogens is 2. The summed E-state index contributed by atoms with van der Waals surface area (Å²) in [5.74, 6) is -1.23. The van der Waals surface area contributed by atoms with Crippen molar-refractivity contribution >= 4 is 0 Å². The van der Waals surface area contributed by atoms with E-state index in [2.05, 4.69) is 0 Å². The van der Waals surface area contributed by atoms with E-state index in [1.165, 1.54) is 12.1 Å². The molecule has 0 atom stereocenters. The van der Waals surface area contributed by atoms with Gasteiger partial charge in [-0.15, -0.1) is 0 Å². The highest BCUT2D eigenvalue weighted by Crippen LogP contribution is 2.33. The summed E-state index contributed by atoms with van der Waals surface area (Å²) in [4.78, 5) is 0. The van der Waals surface area contributed by atoms with Gasteiger partial charge in [0.1, 0.15) is 11.6 Å². The van der Waals surface area contributed by atoms with Gasteiger partial charge in [0.25, 0.3) is 0 Å². The van der Waals surface area contributed by atoms with Crippen molar-refractivity contribution in [3.63, 3.8) is 0 Å². The highest BCUT2D eigenvalue weighted by Gasteiger charge is 2.41. The van der Waals surface area contributed by atoms with E-state index in [-0.39, 0.29) is 19.8 Å². The van der Waals surface area contributed by atoms with E-state index in [9.17, 15) is 8.78 Å². The monoisotopic (exact) mass is 200 g/mol. The molecule has 1 heterocycles. The van der Waals surface area contributed by atoms with Crippen molar-refractivity contribution in [2.24, 2.45) is 0 Å². The molecule has 0 bridgehead atoms. The fraction of sp³-hybridized carbons (Fsp3) is 0.400. The van der Waals surface area contributed by atoms with Crippen LogP contribution in [0.5, 0.6) is 0 Å². The van der Waals surface area contributed by atoms with Crippen molar-refractivity contribution in [3.05, 3.63) is 35.4 Å². The Bertz CT molecular complexity index is 342. The second-order valence-corrected chi connectivity index (χ2v) is 3.56. The fourth-order valence-corrected chi connectivity index (χ4v) is 1.60. The highest BCUT2D eigenvalue weighted by atomic mass is 19.1. The van der Waals surface area contributed by atoms with Crippen molar-refractivity contribution in [3.8, 4) is 0 Å². The van der Waals surface area contributed by atoms with Crippen LogP contribution in [0.2, 0.25) is 0 Å². The summed E-state index contributed by atoms with van der Waals surface area (Å²) in [6, 6.07) is 3.38. The SMILES string of the molecule is OCC1(c2ccc(F)cc2F)COC1. The van der Waals surface area contributed by atoms with Crippen LogP contribution in [0.3, 0.4) is 0 Å². The lowest BCUT2D eigenvalue weighted by atomic mass is 9.79. The summed E-state index contributed by atoms with van der Waals surface area (Å²) >= 11 is 0. The normalized spacial score (nSPS) is 19.1. The van der Waals surface area contributed by atoms with Crippen LogP contribution in [0.4, 0.5) is 8.78 Å². The molecule has 0 amide bonds. The third kappa shape index (κ3) is 1.31. The maximum absolute atomic E-state index is 13.3. The van der Waals surface area contributed by atoms with E-state index >= 15 is 0 Å². The molecule has 1 aromatic carbocycles. The standard InChI is InChI=1S/C10H10F2O2/c11-7-1-2-8(9(12)3-7)10(4-13)5-14-6-10/h1-3,13H,4-6H2. The van der Waals surface area contributed by atoms with Gasteiger partial charge in [-0.25, -0.2) is 8.78 Å². The summed E-state index contributed by atoms with van der Waals surface area (Å²) in [5.41, 5.74) is -0.342. The highest BCUT2D eigenvalue weighted by molar-refractivity contribution is 5.30. The molecule has 0 aromatic heterocycles. The van der Waals surface area contributed by atoms with E-state index in [0.29, 0.717) is 5.56 Å². The molecule has 2 rings (SSSR count). The van der Waals surface area contributed by atoms with Crippen LogP contribution < -0.4 is 0 Å². The van der Waals surface area contributed by atoms with Crippen molar-refractivity contribution in [1.29, 1.82) is 0 Å². The second-order valence-electron chi connectivity index (χ2n) is 3.56. The third-order valence-electron chi connectivity index (χ3n) is 2.56. The van der Waals surface area contributed by atoms with Crippen molar-refractivity contribution in [2.75, 3.05) is 19.8 Å². The predicted octanol–water partition coefficient (Wildman–Crippen LogP) is 1.23. The first-order valence-electron chi connectivity index (χ1n) is 4.32. The summed E-state index contributed by atoms with van der Waals surface area (Å²) in [7, 11) is 0. The molecule has 1 aliphatic rings. The molecule has 1 N–H and O–H groups in total. The Morgan fingerprint density at radius 1 is 1.36 bits per heavy atom. The molecule has 4 heteroatoms. The Hall–Kier alpha value is -1.00. The smallest absolute Gasteiger partial charge is 0.130 e. The maximum Gasteiger partial charge on any atom is 0.130 e. The lowest BCUT2D eigenvalue weighted by molar-refractivity contribution is -0.0857. The van der Waals surface area contributed by atoms with Gasteiger partial charge in [-0.3, -0.25) is 0 Å². The Balaban J connectivity index is 2.40. The molecule has 0 saturated carbocycles. The molecule has 0 aliphatic carbocycles. The molecule has 2 nitrogen and oxygen atoms in total. The van der Waals surface area contributed by atoms with Gasteiger partial charge in [0, 0.05) is 11.6 Å². The van der Waals surface area contributed by atoms with Gasteiger partial charge in [-0.05, 0) is 6.07 Å². The zero-order valence-corrected chi connectivity index (χ0v) is 7.46. The van der Waals surface area contributed by atoms with Crippen LogP contribution >= 0.6 is 0 Å². The van der Waals surface area contributed by atoms with Crippen molar-refractivity contribution in [2.45, 2.75) is 5.41 Å². The van der Waals surface area contributed by atoms with Crippen LogP contribution in [0.15, 0.2) is 18.2 Å². The van der Waals surface area contributed by atoms with Gasteiger partial charge in [0.15, 0.2) is 0 Å². The number of benzene rings is 1. The van der Waals surface area contributed by atoms with Gasteiger partial charge >= 0.3 is 0 Å². The molecule has 0 spiro atoms. The third-order valence-corrected chi connectivity index (χ3v) is 2.56. The van der Waals surface area contributed by atoms with E-state index in [1.54, 1.807) is 0 Å². The van der Waals surface area contributed by atoms with E-state index < -0.39 is 17.0 Å². The van der Waals surface area contributed by atoms with Crippen molar-refractivity contribution in [1.82, 2.24) is 0 Å². The van der Waals surface area contributed by atoms with Crippen LogP contribution in [0, 0.1) is 11.6 Å². The molecule has 1 aliphatic heterocycles. The Labute approximate surface area is 80.1 Å². The number of hydrogen-bond donors (Lipinski definition) is 1. The predicted molar refractivity (Wildman–Crippen MR) is 45.9 cm³/mol. The maximum atomic E-state index is 13.3. The summed E-state index contributed by atoms with van der Waals surface area (Å²) in [6.45, 7) is 0.383. The average molecular weight is 200 g/mol. The first-order valence-corrected chi connectivity index (χ1v) is 4.32. The summed E-state index contributed by atoms with van der Waals surface area (Å²) < 4.78 is 30.9. The molecule has 1 saturated heterocycles. The van der Waals surface area contributed by atoms with E-state index in [4.69, 9.17) is 9.84 Å². The average Bonchev–Trinajstić information content (AvgIpc) is 2.07. The molecular weight excluding hydrogens is 190 g/mol. The minimum atomic E-state index is -0.669. The van der Waals surface area contributed by atoms with Crippen LogP contribution in [0.1, 0.15) is 5.56 Å². The molecular formula is C10H10F2O2. The number of rotatable bonds is 2. The van der Waals surface area contributed by atoms with Gasteiger partial charge < -0.3 is 9.84 Å². The number of ether oxygens (including phenoxy) is 1. The molecule has 0 unspecified atom stereocenters. The number of hydrogen-bond acceptors (Lipinski definition) is 2. The molecule has 1 fully saturated rings. The molecule has 1 aromatic rings. The Morgan fingerprint density at radius 3 is 2.50 bits per heavy atom. The van der Waals surface area contributed by atoms with Crippen LogP contribution in [-0.4, -0.2) is 24.9 Å². The minimum absolute atomic E-state index is 0.185. The lowest BCUT2D eigenvalue weighted by Crippen LogP contribution is -2.50. The quantitative estimate of drug-likeness (QED) is 0.777. The van der Waals surface area contributed by atoms with Crippen LogP contribution in [0.25, 0.3) is 0 Å². The summed E-state index contributed by atoms with van der Waals surface area (Å²) in [6.07, 6.45) is 0. The molecule has 0 radical (unpaired) electrons. The largest absolute Gasteiger partial charge is 0.395 e. The topological polar surface area (TPSA) is 29.5 Å². The number of aliphatic hydroxyl groups excluding tert-OH is 1. The van der Waals surface area contributed by atoms with Gasteiger partial charge in [0.2, 0.25) is 0 Å². The zero-order valence-electron chi connectivity index (χ0n) is 7.46. The van der Waals surface area contributed by atoms with E-state index in [1.807, 2.05) is 0 Å². The van der Waals surface area contributed by atoms with Gasteiger partial charge in [-0.1, -0.05) is 6.07 Å². The molecule has 76 valence electrons. The fourth-order valence-electron chi connectivity index (χ4n) is 1.60. The lowest BCUT2D eigenvalue weighted by Gasteiger charge is -2.40.